The van der Waals surface area contributed by atoms with Crippen molar-refractivity contribution in [1.29, 1.82) is 0 Å². The van der Waals surface area contributed by atoms with E-state index in [9.17, 15) is 18.0 Å². The van der Waals surface area contributed by atoms with Gasteiger partial charge in [0.1, 0.15) is 16.4 Å². The zero-order chi connectivity index (χ0) is 24.0. The molecule has 0 fully saturated rings. The SMILES string of the molecule is NCc1ccc(-c2cc3cn[nH]c3cc2-n2nc(C(F)(F)F)cc2-c2nc(C(N)=O)cs2)cc1. The molecule has 0 radical (unpaired) electrons. The second-order valence-corrected chi connectivity index (χ2v) is 8.31. The van der Waals surface area contributed by atoms with Crippen molar-refractivity contribution in [3.05, 3.63) is 71.0 Å². The van der Waals surface area contributed by atoms with Crippen LogP contribution in [0.15, 0.2) is 54.0 Å². The van der Waals surface area contributed by atoms with Crippen molar-refractivity contribution in [3.8, 4) is 27.5 Å². The first-order valence-corrected chi connectivity index (χ1v) is 10.8. The molecule has 0 aliphatic heterocycles. The van der Waals surface area contributed by atoms with Crippen LogP contribution in [0, 0.1) is 0 Å². The molecule has 3 heterocycles. The molecule has 3 aromatic heterocycles. The highest BCUT2D eigenvalue weighted by Gasteiger charge is 2.36. The molecule has 5 rings (SSSR count). The molecule has 0 atom stereocenters. The molecule has 8 nitrogen and oxygen atoms in total. The van der Waals surface area contributed by atoms with E-state index in [1.54, 1.807) is 12.3 Å². The first-order chi connectivity index (χ1) is 16.2. The van der Waals surface area contributed by atoms with E-state index in [0.29, 0.717) is 23.3 Å². The van der Waals surface area contributed by atoms with Gasteiger partial charge < -0.3 is 11.5 Å². The summed E-state index contributed by atoms with van der Waals surface area (Å²) in [6.07, 6.45) is -3.06. The lowest BCUT2D eigenvalue weighted by atomic mass is 10.0. The van der Waals surface area contributed by atoms with Crippen molar-refractivity contribution in [2.24, 2.45) is 11.5 Å². The summed E-state index contributed by atoms with van der Waals surface area (Å²) in [5.41, 5.74) is 13.2. The summed E-state index contributed by atoms with van der Waals surface area (Å²) in [5, 5.41) is 13.1. The van der Waals surface area contributed by atoms with Crippen LogP contribution >= 0.6 is 11.3 Å². The number of carbonyl (C=O) groups is 1. The lowest BCUT2D eigenvalue weighted by molar-refractivity contribution is -0.141. The number of hydrogen-bond acceptors (Lipinski definition) is 6. The molecule has 0 bridgehead atoms. The molecule has 34 heavy (non-hydrogen) atoms. The number of fused-ring (bicyclic) bond motifs is 1. The van der Waals surface area contributed by atoms with E-state index in [4.69, 9.17) is 11.5 Å². The maximum absolute atomic E-state index is 13.7. The number of aromatic nitrogens is 5. The Hall–Kier alpha value is -4.03. The Morgan fingerprint density at radius 1 is 1.15 bits per heavy atom. The Labute approximate surface area is 194 Å². The second-order valence-electron chi connectivity index (χ2n) is 7.45. The summed E-state index contributed by atoms with van der Waals surface area (Å²) in [4.78, 5) is 15.6. The van der Waals surface area contributed by atoms with E-state index in [2.05, 4.69) is 20.3 Å². The molecule has 172 valence electrons. The summed E-state index contributed by atoms with van der Waals surface area (Å²) < 4.78 is 42.2. The number of alkyl halides is 3. The van der Waals surface area contributed by atoms with E-state index < -0.39 is 17.8 Å². The third-order valence-corrected chi connectivity index (χ3v) is 6.13. The van der Waals surface area contributed by atoms with Gasteiger partial charge in [-0.15, -0.1) is 11.3 Å². The van der Waals surface area contributed by atoms with E-state index in [-0.39, 0.29) is 16.4 Å². The number of thiazole rings is 1. The van der Waals surface area contributed by atoms with Gasteiger partial charge in [-0.2, -0.15) is 23.4 Å². The highest BCUT2D eigenvalue weighted by molar-refractivity contribution is 7.13. The van der Waals surface area contributed by atoms with Crippen LogP contribution in [0.5, 0.6) is 0 Å². The number of primary amides is 1. The van der Waals surface area contributed by atoms with E-state index in [1.807, 2.05) is 30.3 Å². The van der Waals surface area contributed by atoms with Crippen molar-refractivity contribution in [2.75, 3.05) is 0 Å². The van der Waals surface area contributed by atoms with Gasteiger partial charge >= 0.3 is 6.18 Å². The van der Waals surface area contributed by atoms with Gasteiger partial charge in [0.05, 0.1) is 17.4 Å². The number of aromatic amines is 1. The van der Waals surface area contributed by atoms with Crippen LogP contribution in [-0.4, -0.2) is 30.9 Å². The molecular weight excluding hydrogens is 467 g/mol. The lowest BCUT2D eigenvalue weighted by Crippen LogP contribution is -2.11. The van der Waals surface area contributed by atoms with Crippen molar-refractivity contribution < 1.29 is 18.0 Å². The largest absolute Gasteiger partial charge is 0.435 e. The Morgan fingerprint density at radius 3 is 2.56 bits per heavy atom. The minimum atomic E-state index is -4.69. The van der Waals surface area contributed by atoms with E-state index in [0.717, 1.165) is 33.9 Å². The molecule has 0 saturated carbocycles. The van der Waals surface area contributed by atoms with Crippen LogP contribution < -0.4 is 11.5 Å². The number of nitrogens with one attached hydrogen (secondary N) is 1. The number of carbonyl (C=O) groups excluding carboxylic acids is 1. The third kappa shape index (κ3) is 3.82. The first-order valence-electron chi connectivity index (χ1n) is 9.94. The Balaban J connectivity index is 1.78. The molecule has 5 aromatic rings. The molecule has 0 spiro atoms. The van der Waals surface area contributed by atoms with Gasteiger partial charge in [0, 0.05) is 22.9 Å². The van der Waals surface area contributed by atoms with Crippen molar-refractivity contribution >= 4 is 28.1 Å². The van der Waals surface area contributed by atoms with Gasteiger partial charge in [-0.05, 0) is 29.3 Å². The zero-order valence-electron chi connectivity index (χ0n) is 17.3. The molecular formula is C22H16F3N7OS. The zero-order valence-corrected chi connectivity index (χ0v) is 18.1. The number of nitrogens with two attached hydrogens (primary N) is 2. The number of rotatable bonds is 5. The van der Waals surface area contributed by atoms with Crippen LogP contribution in [-0.2, 0) is 12.7 Å². The molecule has 0 aliphatic rings. The van der Waals surface area contributed by atoms with Gasteiger partial charge in [-0.3, -0.25) is 9.89 Å². The molecule has 5 N–H and O–H groups in total. The van der Waals surface area contributed by atoms with Crippen molar-refractivity contribution in [2.45, 2.75) is 12.7 Å². The maximum Gasteiger partial charge on any atom is 0.435 e. The summed E-state index contributed by atoms with van der Waals surface area (Å²) in [5.74, 6) is -0.774. The van der Waals surface area contributed by atoms with Gasteiger partial charge in [0.25, 0.3) is 5.91 Å². The molecule has 0 saturated heterocycles. The van der Waals surface area contributed by atoms with Crippen LogP contribution in [0.2, 0.25) is 0 Å². The highest BCUT2D eigenvalue weighted by Crippen LogP contribution is 2.38. The Morgan fingerprint density at radius 2 is 1.91 bits per heavy atom. The minimum Gasteiger partial charge on any atom is -0.364 e. The van der Waals surface area contributed by atoms with E-state index in [1.165, 1.54) is 10.1 Å². The number of nitrogens with zero attached hydrogens (tertiary/aromatic N) is 4. The molecule has 1 amide bonds. The highest BCUT2D eigenvalue weighted by atomic mass is 32.1. The van der Waals surface area contributed by atoms with Crippen molar-refractivity contribution in [1.82, 2.24) is 25.0 Å². The summed E-state index contributed by atoms with van der Waals surface area (Å²) in [6.45, 7) is 0.360. The summed E-state index contributed by atoms with van der Waals surface area (Å²) in [6, 6.07) is 11.8. The quantitative estimate of drug-likeness (QED) is 0.346. The lowest BCUT2D eigenvalue weighted by Gasteiger charge is -2.13. The standard InChI is InChI=1S/C22H16F3N7OS/c23-22(24,25)19-7-18(21-29-16(10-34-21)20(27)33)32(31-19)17-6-15-13(9-28-30-15)5-14(17)12-3-1-11(8-26)2-4-12/h1-7,9-10H,8,26H2,(H2,27,33)(H,28,30). The molecule has 0 unspecified atom stereocenters. The second kappa shape index (κ2) is 8.08. The van der Waals surface area contributed by atoms with Crippen LogP contribution in [0.4, 0.5) is 13.2 Å². The average Bonchev–Trinajstić information content (AvgIpc) is 3.56. The molecule has 12 heteroatoms. The maximum atomic E-state index is 13.7. The summed E-state index contributed by atoms with van der Waals surface area (Å²) >= 11 is 1.00. The average molecular weight is 483 g/mol. The number of amides is 1. The fraction of sp³-hybridized carbons (Fsp3) is 0.0909. The number of hydrogen-bond donors (Lipinski definition) is 3. The predicted molar refractivity (Wildman–Crippen MR) is 121 cm³/mol. The van der Waals surface area contributed by atoms with Gasteiger partial charge in [0.2, 0.25) is 0 Å². The normalized spacial score (nSPS) is 11.9. The number of benzene rings is 2. The van der Waals surface area contributed by atoms with Gasteiger partial charge in [-0.25, -0.2) is 9.67 Å². The predicted octanol–water partition coefficient (Wildman–Crippen LogP) is 4.12. The monoisotopic (exact) mass is 483 g/mol. The first kappa shape index (κ1) is 21.8. The molecule has 2 aromatic carbocycles. The van der Waals surface area contributed by atoms with Crippen LogP contribution in [0.25, 0.3) is 38.4 Å². The van der Waals surface area contributed by atoms with E-state index >= 15 is 0 Å². The minimum absolute atomic E-state index is 0.0390. The Bertz CT molecular complexity index is 1520. The fourth-order valence-electron chi connectivity index (χ4n) is 3.57. The fourth-order valence-corrected chi connectivity index (χ4v) is 4.38. The van der Waals surface area contributed by atoms with Gasteiger partial charge in [0.15, 0.2) is 5.69 Å². The van der Waals surface area contributed by atoms with Crippen molar-refractivity contribution in [3.63, 3.8) is 0 Å². The van der Waals surface area contributed by atoms with Crippen LogP contribution in [0.1, 0.15) is 21.7 Å². The number of H-pyrrole nitrogens is 1. The van der Waals surface area contributed by atoms with Crippen LogP contribution in [0.3, 0.4) is 0 Å². The third-order valence-electron chi connectivity index (χ3n) is 5.26. The number of halogens is 3. The van der Waals surface area contributed by atoms with Gasteiger partial charge in [-0.1, -0.05) is 24.3 Å². The Kier molecular flexibility index (Phi) is 5.18. The smallest absolute Gasteiger partial charge is 0.364 e. The topological polar surface area (TPSA) is 128 Å². The summed E-state index contributed by atoms with van der Waals surface area (Å²) in [7, 11) is 0. The molecule has 0 aliphatic carbocycles.